The van der Waals surface area contributed by atoms with E-state index >= 15 is 0 Å². The highest BCUT2D eigenvalue weighted by atomic mass is 16.2. The van der Waals surface area contributed by atoms with Gasteiger partial charge in [0, 0.05) is 58.7 Å². The van der Waals surface area contributed by atoms with Crippen molar-refractivity contribution in [2.45, 2.75) is 25.4 Å². The number of hydrogen-bond donors (Lipinski definition) is 0. The molecule has 6 nitrogen and oxygen atoms in total. The summed E-state index contributed by atoms with van der Waals surface area (Å²) < 4.78 is 1.90. The van der Waals surface area contributed by atoms with Crippen molar-refractivity contribution in [2.24, 2.45) is 5.92 Å². The SMILES string of the molecule is CN(C)C(=O)N1C[C@@H]2CC[C@H](C1)N(Cc1cccc(-n3cccn3)c1)C2. The van der Waals surface area contributed by atoms with E-state index in [2.05, 4.69) is 34.3 Å². The molecular weight excluding hydrogens is 326 g/mol. The van der Waals surface area contributed by atoms with E-state index in [0.717, 1.165) is 31.9 Å². The zero-order valence-corrected chi connectivity index (χ0v) is 15.6. The predicted molar refractivity (Wildman–Crippen MR) is 101 cm³/mol. The summed E-state index contributed by atoms with van der Waals surface area (Å²) in [6.45, 7) is 3.73. The molecule has 6 heteroatoms. The molecule has 0 aliphatic carbocycles. The van der Waals surface area contributed by atoms with Crippen molar-refractivity contribution in [1.29, 1.82) is 0 Å². The summed E-state index contributed by atoms with van der Waals surface area (Å²) in [6, 6.07) is 11.1. The van der Waals surface area contributed by atoms with Gasteiger partial charge in [0.25, 0.3) is 0 Å². The highest BCUT2D eigenvalue weighted by Crippen LogP contribution is 2.29. The van der Waals surface area contributed by atoms with E-state index in [1.807, 2.05) is 35.9 Å². The number of benzene rings is 1. The summed E-state index contributed by atoms with van der Waals surface area (Å²) in [4.78, 5) is 18.7. The summed E-state index contributed by atoms with van der Waals surface area (Å²) in [5, 5.41) is 4.33. The highest BCUT2D eigenvalue weighted by Gasteiger charge is 2.36. The van der Waals surface area contributed by atoms with Gasteiger partial charge < -0.3 is 9.80 Å². The van der Waals surface area contributed by atoms with E-state index in [0.29, 0.717) is 12.0 Å². The van der Waals surface area contributed by atoms with Crippen LogP contribution in [0.3, 0.4) is 0 Å². The number of amides is 2. The van der Waals surface area contributed by atoms with E-state index in [9.17, 15) is 4.79 Å². The minimum Gasteiger partial charge on any atom is -0.331 e. The quantitative estimate of drug-likeness (QED) is 0.851. The smallest absolute Gasteiger partial charge is 0.319 e. The standard InChI is InChI=1S/C20H27N5O/c1-22(2)20(26)24-14-17-7-8-19(15-24)23(13-17)12-16-5-3-6-18(11-16)25-10-4-9-21-25/h3-6,9-11,17,19H,7-8,12-15H2,1-2H3/t17-,19-/m1/s1. The zero-order valence-electron chi connectivity index (χ0n) is 15.6. The third kappa shape index (κ3) is 3.46. The predicted octanol–water partition coefficient (Wildman–Crippen LogP) is 2.45. The Morgan fingerprint density at radius 3 is 2.85 bits per heavy atom. The fourth-order valence-corrected chi connectivity index (χ4v) is 4.27. The molecule has 0 N–H and O–H groups in total. The third-order valence-corrected chi connectivity index (χ3v) is 5.55. The van der Waals surface area contributed by atoms with Gasteiger partial charge in [-0.05, 0) is 42.5 Å². The Morgan fingerprint density at radius 2 is 2.08 bits per heavy atom. The highest BCUT2D eigenvalue weighted by molar-refractivity contribution is 5.74. The fourth-order valence-electron chi connectivity index (χ4n) is 4.27. The van der Waals surface area contributed by atoms with Gasteiger partial charge >= 0.3 is 6.03 Å². The van der Waals surface area contributed by atoms with Crippen LogP contribution in [0.15, 0.2) is 42.7 Å². The van der Waals surface area contributed by atoms with Crippen LogP contribution in [0.4, 0.5) is 4.79 Å². The van der Waals surface area contributed by atoms with Crippen molar-refractivity contribution in [1.82, 2.24) is 24.5 Å². The number of hydrogen-bond acceptors (Lipinski definition) is 3. The van der Waals surface area contributed by atoms with Crippen LogP contribution >= 0.6 is 0 Å². The lowest BCUT2D eigenvalue weighted by Crippen LogP contribution is -2.45. The second kappa shape index (κ2) is 7.11. The van der Waals surface area contributed by atoms with Crippen LogP contribution in [0.25, 0.3) is 5.69 Å². The van der Waals surface area contributed by atoms with Gasteiger partial charge in [0.1, 0.15) is 0 Å². The van der Waals surface area contributed by atoms with E-state index in [4.69, 9.17) is 0 Å². The monoisotopic (exact) mass is 353 g/mol. The molecule has 2 aromatic rings. The maximum atomic E-state index is 12.4. The summed E-state index contributed by atoms with van der Waals surface area (Å²) in [6.07, 6.45) is 6.18. The molecule has 1 aromatic heterocycles. The average Bonchev–Trinajstić information content (AvgIpc) is 3.03. The summed E-state index contributed by atoms with van der Waals surface area (Å²) in [5.74, 6) is 0.576. The average molecular weight is 353 g/mol. The van der Waals surface area contributed by atoms with Gasteiger partial charge in [-0.3, -0.25) is 4.90 Å². The number of piperidine rings is 1. The molecule has 3 aliphatic rings. The van der Waals surface area contributed by atoms with Crippen LogP contribution in [0.5, 0.6) is 0 Å². The molecule has 3 saturated heterocycles. The number of urea groups is 1. The van der Waals surface area contributed by atoms with Gasteiger partial charge in [0.15, 0.2) is 0 Å². The van der Waals surface area contributed by atoms with E-state index in [1.54, 1.807) is 11.1 Å². The van der Waals surface area contributed by atoms with Gasteiger partial charge in [0.2, 0.25) is 0 Å². The zero-order chi connectivity index (χ0) is 18.1. The van der Waals surface area contributed by atoms with Gasteiger partial charge in [-0.1, -0.05) is 12.1 Å². The Morgan fingerprint density at radius 1 is 1.19 bits per heavy atom. The minimum absolute atomic E-state index is 0.143. The second-order valence-corrected chi connectivity index (χ2v) is 7.73. The molecule has 1 aromatic carbocycles. The van der Waals surface area contributed by atoms with Crippen molar-refractivity contribution in [2.75, 3.05) is 33.7 Å². The van der Waals surface area contributed by atoms with Crippen molar-refractivity contribution in [3.05, 3.63) is 48.3 Å². The van der Waals surface area contributed by atoms with E-state index in [1.165, 1.54) is 18.4 Å². The van der Waals surface area contributed by atoms with Crippen molar-refractivity contribution >= 4 is 6.03 Å². The molecular formula is C20H27N5O. The molecule has 4 heterocycles. The number of carbonyl (C=O) groups excluding carboxylic acids is 1. The molecule has 3 aliphatic heterocycles. The normalized spacial score (nSPS) is 23.1. The molecule has 2 atom stereocenters. The first-order valence-electron chi connectivity index (χ1n) is 9.39. The lowest BCUT2D eigenvalue weighted by molar-refractivity contribution is 0.123. The Hall–Kier alpha value is -2.34. The molecule has 5 rings (SSSR count). The maximum absolute atomic E-state index is 12.4. The number of rotatable bonds is 3. The fraction of sp³-hybridized carbons (Fsp3) is 0.500. The lowest BCUT2D eigenvalue weighted by Gasteiger charge is -2.36. The first kappa shape index (κ1) is 17.1. The van der Waals surface area contributed by atoms with Crippen LogP contribution in [0.1, 0.15) is 18.4 Å². The Bertz CT molecular complexity index is 757. The molecule has 26 heavy (non-hydrogen) atoms. The largest absolute Gasteiger partial charge is 0.331 e. The van der Waals surface area contributed by atoms with Crippen molar-refractivity contribution < 1.29 is 4.79 Å². The Labute approximate surface area is 155 Å². The lowest BCUT2D eigenvalue weighted by atomic mass is 9.94. The molecule has 2 amide bonds. The maximum Gasteiger partial charge on any atom is 0.319 e. The van der Waals surface area contributed by atoms with Crippen LogP contribution in [0, 0.1) is 5.92 Å². The van der Waals surface area contributed by atoms with Gasteiger partial charge in [-0.2, -0.15) is 5.10 Å². The second-order valence-electron chi connectivity index (χ2n) is 7.73. The topological polar surface area (TPSA) is 44.6 Å². The van der Waals surface area contributed by atoms with Gasteiger partial charge in [0.05, 0.1) is 5.69 Å². The van der Waals surface area contributed by atoms with Crippen LogP contribution in [-0.2, 0) is 6.54 Å². The number of carbonyl (C=O) groups is 1. The molecule has 3 fully saturated rings. The minimum atomic E-state index is 0.143. The summed E-state index contributed by atoms with van der Waals surface area (Å²) in [5.41, 5.74) is 2.40. The number of aromatic nitrogens is 2. The van der Waals surface area contributed by atoms with Gasteiger partial charge in [-0.15, -0.1) is 0 Å². The number of fused-ring (bicyclic) bond motifs is 4. The van der Waals surface area contributed by atoms with Crippen molar-refractivity contribution in [3.8, 4) is 5.69 Å². The van der Waals surface area contributed by atoms with Crippen LogP contribution in [0.2, 0.25) is 0 Å². The summed E-state index contributed by atoms with van der Waals surface area (Å²) >= 11 is 0. The molecule has 0 radical (unpaired) electrons. The molecule has 2 bridgehead atoms. The molecule has 0 spiro atoms. The van der Waals surface area contributed by atoms with Crippen LogP contribution in [-0.4, -0.2) is 70.3 Å². The summed E-state index contributed by atoms with van der Waals surface area (Å²) in [7, 11) is 3.68. The Kier molecular flexibility index (Phi) is 4.68. The third-order valence-electron chi connectivity index (χ3n) is 5.55. The van der Waals surface area contributed by atoms with Crippen molar-refractivity contribution in [3.63, 3.8) is 0 Å². The van der Waals surface area contributed by atoms with E-state index in [-0.39, 0.29) is 6.03 Å². The first-order valence-corrected chi connectivity index (χ1v) is 9.39. The molecule has 0 unspecified atom stereocenters. The molecule has 138 valence electrons. The van der Waals surface area contributed by atoms with E-state index < -0.39 is 0 Å². The first-order chi connectivity index (χ1) is 12.6. The molecule has 0 saturated carbocycles. The number of nitrogens with zero attached hydrogens (tertiary/aromatic N) is 5. The van der Waals surface area contributed by atoms with Crippen LogP contribution < -0.4 is 0 Å². The van der Waals surface area contributed by atoms with Gasteiger partial charge in [-0.25, -0.2) is 9.48 Å². The Balaban J connectivity index is 1.49.